The number of aryl methyl sites for hydroxylation is 1. The lowest BCUT2D eigenvalue weighted by atomic mass is 10.0. The number of nitrogens with one attached hydrogen (secondary N) is 1. The summed E-state index contributed by atoms with van der Waals surface area (Å²) in [4.78, 5) is 26.4. The van der Waals surface area contributed by atoms with E-state index in [2.05, 4.69) is 5.32 Å². The van der Waals surface area contributed by atoms with Crippen molar-refractivity contribution < 1.29 is 9.53 Å². The number of aromatic nitrogens is 1. The highest BCUT2D eigenvalue weighted by atomic mass is 35.5. The van der Waals surface area contributed by atoms with E-state index in [0.29, 0.717) is 49.2 Å². The van der Waals surface area contributed by atoms with Crippen LogP contribution in [-0.2, 0) is 7.05 Å². The molecule has 0 spiro atoms. The number of halogens is 2. The number of amides is 1. The molecule has 4 rings (SSSR count). The van der Waals surface area contributed by atoms with Crippen molar-refractivity contribution in [2.24, 2.45) is 7.05 Å². The molecule has 7 heteroatoms. The molecule has 0 bridgehead atoms. The Hall–Kier alpha value is -3.28. The summed E-state index contributed by atoms with van der Waals surface area (Å²) in [6, 6.07) is 18.9. The minimum absolute atomic E-state index is 0.211. The molecule has 0 unspecified atom stereocenters. The Labute approximate surface area is 188 Å². The molecule has 1 aromatic heterocycles. The van der Waals surface area contributed by atoms with E-state index < -0.39 is 0 Å². The monoisotopic (exact) mass is 452 g/mol. The predicted molar refractivity (Wildman–Crippen MR) is 126 cm³/mol. The number of fused-ring (bicyclic) bond motifs is 1. The van der Waals surface area contributed by atoms with E-state index in [-0.39, 0.29) is 11.3 Å². The molecule has 4 aromatic rings. The second-order valence-electron chi connectivity index (χ2n) is 6.94. The van der Waals surface area contributed by atoms with E-state index >= 15 is 0 Å². The molecule has 156 valence electrons. The van der Waals surface area contributed by atoms with Crippen molar-refractivity contribution in [2.45, 2.75) is 0 Å². The highest BCUT2D eigenvalue weighted by molar-refractivity contribution is 6.42. The molecule has 0 aliphatic rings. The minimum atomic E-state index is -0.353. The maximum atomic E-state index is 13.4. The molecular weight excluding hydrogens is 435 g/mol. The van der Waals surface area contributed by atoms with Gasteiger partial charge in [0.2, 0.25) is 0 Å². The fourth-order valence-corrected chi connectivity index (χ4v) is 3.77. The third kappa shape index (κ3) is 3.90. The second kappa shape index (κ2) is 8.46. The van der Waals surface area contributed by atoms with Gasteiger partial charge < -0.3 is 14.6 Å². The number of anilines is 1. The van der Waals surface area contributed by atoms with Gasteiger partial charge >= 0.3 is 0 Å². The number of hydrogen-bond acceptors (Lipinski definition) is 3. The van der Waals surface area contributed by atoms with E-state index in [9.17, 15) is 9.59 Å². The normalized spacial score (nSPS) is 10.8. The topological polar surface area (TPSA) is 60.3 Å². The lowest BCUT2D eigenvalue weighted by Gasteiger charge is -2.18. The third-order valence-electron chi connectivity index (χ3n) is 5.10. The van der Waals surface area contributed by atoms with Crippen LogP contribution in [0, 0.1) is 0 Å². The molecule has 1 amide bonds. The molecule has 5 nitrogen and oxygen atoms in total. The fraction of sp³-hybridized carbons (Fsp3) is 0.0833. The number of benzene rings is 3. The molecule has 0 atom stereocenters. The van der Waals surface area contributed by atoms with Crippen LogP contribution in [0.4, 0.5) is 5.82 Å². The largest absolute Gasteiger partial charge is 0.497 e. The van der Waals surface area contributed by atoms with Crippen molar-refractivity contribution in [1.82, 2.24) is 4.57 Å². The number of nitrogens with zero attached hydrogens (tertiary/aromatic N) is 1. The molecule has 1 heterocycles. The molecule has 0 fully saturated rings. The highest BCUT2D eigenvalue weighted by Crippen LogP contribution is 2.32. The summed E-state index contributed by atoms with van der Waals surface area (Å²) in [5.74, 6) is 0.656. The fourth-order valence-electron chi connectivity index (χ4n) is 3.48. The van der Waals surface area contributed by atoms with Gasteiger partial charge in [-0.25, -0.2) is 0 Å². The Kier molecular flexibility index (Phi) is 5.72. The smallest absolute Gasteiger partial charge is 0.256 e. The summed E-state index contributed by atoms with van der Waals surface area (Å²) in [7, 11) is 3.36. The molecule has 0 saturated carbocycles. The van der Waals surface area contributed by atoms with Gasteiger partial charge in [-0.1, -0.05) is 41.4 Å². The summed E-state index contributed by atoms with van der Waals surface area (Å²) < 4.78 is 6.94. The lowest BCUT2D eigenvalue weighted by Crippen LogP contribution is -2.21. The first-order valence-corrected chi connectivity index (χ1v) is 10.2. The van der Waals surface area contributed by atoms with E-state index in [1.54, 1.807) is 73.3 Å². The van der Waals surface area contributed by atoms with Gasteiger partial charge in [0.15, 0.2) is 5.43 Å². The first-order valence-electron chi connectivity index (χ1n) is 9.43. The van der Waals surface area contributed by atoms with E-state index in [1.165, 1.54) is 0 Å². The number of ether oxygens (including phenoxy) is 1. The van der Waals surface area contributed by atoms with Gasteiger partial charge in [-0.2, -0.15) is 0 Å². The van der Waals surface area contributed by atoms with Crippen LogP contribution in [0.2, 0.25) is 10.0 Å². The van der Waals surface area contributed by atoms with Crippen LogP contribution >= 0.6 is 23.2 Å². The van der Waals surface area contributed by atoms with Gasteiger partial charge in [0.05, 0.1) is 28.2 Å². The SMILES string of the molecule is COc1ccc(C(=O)Nc2c(-c3ccc(Cl)c(Cl)c3)c(=O)c3ccccc3n2C)cc1. The van der Waals surface area contributed by atoms with Gasteiger partial charge in [-0.15, -0.1) is 0 Å². The number of rotatable bonds is 4. The zero-order valence-electron chi connectivity index (χ0n) is 16.8. The van der Waals surface area contributed by atoms with E-state index in [1.807, 2.05) is 12.1 Å². The Morgan fingerprint density at radius 2 is 1.68 bits per heavy atom. The van der Waals surface area contributed by atoms with Gasteiger partial charge in [0, 0.05) is 18.0 Å². The standard InChI is InChI=1S/C24H18Cl2N2O3/c1-28-20-6-4-3-5-17(20)22(29)21(15-9-12-18(25)19(26)13-15)23(28)27-24(30)14-7-10-16(31-2)11-8-14/h3-13H,1-2H3,(H,27,30). The Bertz CT molecular complexity index is 1360. The summed E-state index contributed by atoms with van der Waals surface area (Å²) in [5.41, 5.74) is 1.81. The maximum absolute atomic E-state index is 13.4. The van der Waals surface area contributed by atoms with Crippen molar-refractivity contribution in [3.63, 3.8) is 0 Å². The van der Waals surface area contributed by atoms with Crippen molar-refractivity contribution in [1.29, 1.82) is 0 Å². The van der Waals surface area contributed by atoms with Crippen molar-refractivity contribution >= 4 is 45.8 Å². The van der Waals surface area contributed by atoms with Crippen molar-refractivity contribution in [3.8, 4) is 16.9 Å². The van der Waals surface area contributed by atoms with Gasteiger partial charge in [0.25, 0.3) is 5.91 Å². The van der Waals surface area contributed by atoms with Crippen LogP contribution in [0.25, 0.3) is 22.0 Å². The van der Waals surface area contributed by atoms with Gasteiger partial charge in [0.1, 0.15) is 11.6 Å². The predicted octanol–water partition coefficient (Wildman–Crippen LogP) is 5.77. The molecule has 0 saturated heterocycles. The number of para-hydroxylation sites is 1. The van der Waals surface area contributed by atoms with E-state index in [4.69, 9.17) is 27.9 Å². The number of hydrogen-bond donors (Lipinski definition) is 1. The lowest BCUT2D eigenvalue weighted by molar-refractivity contribution is 0.102. The average Bonchev–Trinajstić information content (AvgIpc) is 2.79. The van der Waals surface area contributed by atoms with Gasteiger partial charge in [-0.05, 0) is 54.1 Å². The molecule has 0 radical (unpaired) electrons. The van der Waals surface area contributed by atoms with E-state index in [0.717, 1.165) is 0 Å². The Morgan fingerprint density at radius 1 is 0.968 bits per heavy atom. The van der Waals surface area contributed by atoms with Crippen LogP contribution < -0.4 is 15.5 Å². The summed E-state index contributed by atoms with van der Waals surface area (Å²) in [6.07, 6.45) is 0. The van der Waals surface area contributed by atoms with Crippen molar-refractivity contribution in [2.75, 3.05) is 12.4 Å². The van der Waals surface area contributed by atoms with Gasteiger partial charge in [-0.3, -0.25) is 9.59 Å². The van der Waals surface area contributed by atoms with Crippen LogP contribution in [-0.4, -0.2) is 17.6 Å². The maximum Gasteiger partial charge on any atom is 0.256 e. The van der Waals surface area contributed by atoms with Crippen LogP contribution in [0.1, 0.15) is 10.4 Å². The molecule has 31 heavy (non-hydrogen) atoms. The average molecular weight is 453 g/mol. The Balaban J connectivity index is 1.91. The van der Waals surface area contributed by atoms with Crippen LogP contribution in [0.15, 0.2) is 71.5 Å². The number of methoxy groups -OCH3 is 1. The summed E-state index contributed by atoms with van der Waals surface area (Å²) in [5, 5.41) is 4.14. The van der Waals surface area contributed by atoms with Crippen LogP contribution in [0.3, 0.4) is 0 Å². The molecule has 0 aliphatic carbocycles. The highest BCUT2D eigenvalue weighted by Gasteiger charge is 2.20. The second-order valence-corrected chi connectivity index (χ2v) is 7.75. The van der Waals surface area contributed by atoms with Crippen LogP contribution in [0.5, 0.6) is 5.75 Å². The first kappa shape index (κ1) is 21.0. The number of carbonyl (C=O) groups excluding carboxylic acids is 1. The number of pyridine rings is 1. The molecule has 1 N–H and O–H groups in total. The zero-order valence-corrected chi connectivity index (χ0v) is 18.3. The third-order valence-corrected chi connectivity index (χ3v) is 5.84. The molecule has 3 aromatic carbocycles. The van der Waals surface area contributed by atoms with Crippen molar-refractivity contribution in [3.05, 3.63) is 92.6 Å². The quantitative estimate of drug-likeness (QED) is 0.427. The first-order chi connectivity index (χ1) is 14.9. The molecule has 0 aliphatic heterocycles. The Morgan fingerprint density at radius 3 is 2.35 bits per heavy atom. The zero-order chi connectivity index (χ0) is 22.1. The minimum Gasteiger partial charge on any atom is -0.497 e. The number of carbonyl (C=O) groups is 1. The molecular formula is C24H18Cl2N2O3. The summed E-state index contributed by atoms with van der Waals surface area (Å²) in [6.45, 7) is 0. The summed E-state index contributed by atoms with van der Waals surface area (Å²) >= 11 is 12.3.